The summed E-state index contributed by atoms with van der Waals surface area (Å²) in [5.74, 6) is 0. The van der Waals surface area contributed by atoms with Crippen molar-refractivity contribution >= 4 is 29.2 Å². The SMILES string of the molecule is CN(Cc1ccc(Cl)s1)CC1(C=O)CCCCC1. The lowest BCUT2D eigenvalue weighted by molar-refractivity contribution is -0.119. The highest BCUT2D eigenvalue weighted by Gasteiger charge is 2.32. The van der Waals surface area contributed by atoms with Crippen LogP contribution in [0.5, 0.6) is 0 Å². The van der Waals surface area contributed by atoms with E-state index in [1.165, 1.54) is 30.4 Å². The molecule has 0 radical (unpaired) electrons. The van der Waals surface area contributed by atoms with Crippen LogP contribution in [-0.2, 0) is 11.3 Å². The molecule has 0 spiro atoms. The Morgan fingerprint density at radius 2 is 2.11 bits per heavy atom. The highest BCUT2D eigenvalue weighted by molar-refractivity contribution is 7.16. The highest BCUT2D eigenvalue weighted by Crippen LogP contribution is 2.35. The van der Waals surface area contributed by atoms with Crippen molar-refractivity contribution < 1.29 is 4.79 Å². The van der Waals surface area contributed by atoms with Crippen molar-refractivity contribution in [2.45, 2.75) is 38.6 Å². The summed E-state index contributed by atoms with van der Waals surface area (Å²) in [7, 11) is 2.09. The van der Waals surface area contributed by atoms with Crippen LogP contribution in [0.2, 0.25) is 4.34 Å². The normalized spacial score (nSPS) is 19.1. The molecule has 0 bridgehead atoms. The van der Waals surface area contributed by atoms with Gasteiger partial charge in [0.1, 0.15) is 6.29 Å². The van der Waals surface area contributed by atoms with E-state index in [0.29, 0.717) is 0 Å². The summed E-state index contributed by atoms with van der Waals surface area (Å²) in [4.78, 5) is 14.9. The van der Waals surface area contributed by atoms with Crippen molar-refractivity contribution in [3.63, 3.8) is 0 Å². The number of thiophene rings is 1. The second-order valence-electron chi connectivity index (χ2n) is 5.42. The van der Waals surface area contributed by atoms with E-state index in [4.69, 9.17) is 11.6 Å². The minimum absolute atomic E-state index is 0.103. The van der Waals surface area contributed by atoms with Crippen LogP contribution in [0.4, 0.5) is 0 Å². The Morgan fingerprint density at radius 1 is 1.39 bits per heavy atom. The maximum atomic E-state index is 11.4. The van der Waals surface area contributed by atoms with Crippen LogP contribution in [0.3, 0.4) is 0 Å². The Hall–Kier alpha value is -0.380. The van der Waals surface area contributed by atoms with Crippen LogP contribution in [-0.4, -0.2) is 24.8 Å². The Labute approximate surface area is 118 Å². The molecule has 1 aliphatic rings. The van der Waals surface area contributed by atoms with Crippen LogP contribution in [0.25, 0.3) is 0 Å². The average Bonchev–Trinajstić information content (AvgIpc) is 2.75. The Morgan fingerprint density at radius 3 is 2.67 bits per heavy atom. The van der Waals surface area contributed by atoms with Crippen LogP contribution < -0.4 is 0 Å². The minimum Gasteiger partial charge on any atom is -0.303 e. The summed E-state index contributed by atoms with van der Waals surface area (Å²) in [6.07, 6.45) is 6.96. The first-order valence-corrected chi connectivity index (χ1v) is 7.72. The molecule has 1 aromatic heterocycles. The van der Waals surface area contributed by atoms with Crippen LogP contribution >= 0.6 is 22.9 Å². The maximum Gasteiger partial charge on any atom is 0.127 e. The molecular weight excluding hydrogens is 266 g/mol. The summed E-state index contributed by atoms with van der Waals surface area (Å²) in [6, 6.07) is 4.00. The lowest BCUT2D eigenvalue weighted by Crippen LogP contribution is -2.38. The quantitative estimate of drug-likeness (QED) is 0.763. The van der Waals surface area contributed by atoms with E-state index in [-0.39, 0.29) is 5.41 Å². The lowest BCUT2D eigenvalue weighted by Gasteiger charge is -2.35. The fraction of sp³-hybridized carbons (Fsp3) is 0.643. The predicted molar refractivity (Wildman–Crippen MR) is 77.2 cm³/mol. The average molecular weight is 286 g/mol. The smallest absolute Gasteiger partial charge is 0.127 e. The first-order chi connectivity index (χ1) is 8.63. The molecule has 2 nitrogen and oxygen atoms in total. The molecule has 1 heterocycles. The molecule has 1 fully saturated rings. The standard InChI is InChI=1S/C14H20ClNOS/c1-16(9-12-5-6-13(15)18-12)10-14(11-17)7-3-2-4-8-14/h5-6,11H,2-4,7-10H2,1H3. The van der Waals surface area contributed by atoms with Crippen molar-refractivity contribution in [1.82, 2.24) is 4.90 Å². The zero-order chi connectivity index (χ0) is 13.0. The van der Waals surface area contributed by atoms with Crippen molar-refractivity contribution in [3.8, 4) is 0 Å². The molecule has 0 atom stereocenters. The van der Waals surface area contributed by atoms with E-state index in [1.807, 2.05) is 6.07 Å². The van der Waals surface area contributed by atoms with Crippen molar-refractivity contribution in [2.75, 3.05) is 13.6 Å². The van der Waals surface area contributed by atoms with E-state index in [9.17, 15) is 4.79 Å². The first-order valence-electron chi connectivity index (χ1n) is 6.53. The fourth-order valence-corrected chi connectivity index (χ4v) is 4.03. The van der Waals surface area contributed by atoms with Gasteiger partial charge >= 0.3 is 0 Å². The second kappa shape index (κ2) is 6.18. The summed E-state index contributed by atoms with van der Waals surface area (Å²) in [5.41, 5.74) is -0.103. The van der Waals surface area contributed by atoms with Gasteiger partial charge in [0.25, 0.3) is 0 Å². The van der Waals surface area contributed by atoms with Gasteiger partial charge in [0, 0.05) is 23.4 Å². The third-order valence-corrected chi connectivity index (χ3v) is 4.95. The zero-order valence-electron chi connectivity index (χ0n) is 10.8. The number of carbonyl (C=O) groups is 1. The molecule has 0 saturated heterocycles. The summed E-state index contributed by atoms with van der Waals surface area (Å²) in [6.45, 7) is 1.75. The van der Waals surface area contributed by atoms with E-state index in [2.05, 4.69) is 18.0 Å². The topological polar surface area (TPSA) is 20.3 Å². The molecule has 18 heavy (non-hydrogen) atoms. The van der Waals surface area contributed by atoms with E-state index in [0.717, 1.165) is 30.3 Å². The molecule has 1 aromatic rings. The van der Waals surface area contributed by atoms with Gasteiger partial charge in [0.2, 0.25) is 0 Å². The number of carbonyl (C=O) groups excluding carboxylic acids is 1. The Kier molecular flexibility index (Phi) is 4.82. The zero-order valence-corrected chi connectivity index (χ0v) is 12.4. The van der Waals surface area contributed by atoms with Crippen LogP contribution in [0, 0.1) is 5.41 Å². The number of hydrogen-bond donors (Lipinski definition) is 0. The van der Waals surface area contributed by atoms with Crippen molar-refractivity contribution in [1.29, 1.82) is 0 Å². The van der Waals surface area contributed by atoms with Gasteiger partial charge in [-0.2, -0.15) is 0 Å². The molecule has 2 rings (SSSR count). The Bertz CT molecular complexity index is 398. The van der Waals surface area contributed by atoms with Gasteiger partial charge in [-0.25, -0.2) is 0 Å². The fourth-order valence-electron chi connectivity index (χ4n) is 2.87. The Balaban J connectivity index is 1.92. The summed E-state index contributed by atoms with van der Waals surface area (Å²) < 4.78 is 0.834. The second-order valence-corrected chi connectivity index (χ2v) is 7.22. The lowest BCUT2D eigenvalue weighted by atomic mass is 9.75. The van der Waals surface area contributed by atoms with E-state index < -0.39 is 0 Å². The monoisotopic (exact) mass is 285 g/mol. The number of aldehydes is 1. The van der Waals surface area contributed by atoms with Gasteiger partial charge < -0.3 is 9.69 Å². The number of halogens is 1. The molecule has 100 valence electrons. The number of rotatable bonds is 5. The molecule has 0 amide bonds. The molecule has 1 saturated carbocycles. The third-order valence-electron chi connectivity index (χ3n) is 3.74. The van der Waals surface area contributed by atoms with Gasteiger partial charge in [-0.05, 0) is 32.0 Å². The van der Waals surface area contributed by atoms with Gasteiger partial charge in [-0.15, -0.1) is 11.3 Å². The molecular formula is C14H20ClNOS. The van der Waals surface area contributed by atoms with Crippen LogP contribution in [0.1, 0.15) is 37.0 Å². The maximum absolute atomic E-state index is 11.4. The molecule has 0 N–H and O–H groups in total. The third kappa shape index (κ3) is 3.56. The van der Waals surface area contributed by atoms with Gasteiger partial charge in [-0.3, -0.25) is 0 Å². The van der Waals surface area contributed by atoms with Gasteiger partial charge in [0.15, 0.2) is 0 Å². The van der Waals surface area contributed by atoms with Crippen LogP contribution in [0.15, 0.2) is 12.1 Å². The molecule has 0 aliphatic heterocycles. The predicted octanol–water partition coefficient (Wildman–Crippen LogP) is 3.98. The van der Waals surface area contributed by atoms with Gasteiger partial charge in [0.05, 0.1) is 4.34 Å². The molecule has 1 aliphatic carbocycles. The first kappa shape index (κ1) is 14.0. The molecule has 0 unspecified atom stereocenters. The van der Waals surface area contributed by atoms with E-state index >= 15 is 0 Å². The summed E-state index contributed by atoms with van der Waals surface area (Å²) in [5, 5.41) is 0. The largest absolute Gasteiger partial charge is 0.303 e. The van der Waals surface area contributed by atoms with Crippen molar-refractivity contribution in [2.24, 2.45) is 5.41 Å². The number of hydrogen-bond acceptors (Lipinski definition) is 3. The summed E-state index contributed by atoms with van der Waals surface area (Å²) >= 11 is 7.55. The van der Waals surface area contributed by atoms with E-state index in [1.54, 1.807) is 11.3 Å². The minimum atomic E-state index is -0.103. The van der Waals surface area contributed by atoms with Gasteiger partial charge in [-0.1, -0.05) is 30.9 Å². The molecule has 0 aromatic carbocycles. The number of nitrogens with zero attached hydrogens (tertiary/aromatic N) is 1. The van der Waals surface area contributed by atoms with Crippen molar-refractivity contribution in [3.05, 3.63) is 21.3 Å². The molecule has 4 heteroatoms. The highest BCUT2D eigenvalue weighted by atomic mass is 35.5.